The van der Waals surface area contributed by atoms with Crippen LogP contribution in [0, 0.1) is 0 Å². The molecule has 1 aliphatic rings. The number of carbonyl (C=O) groups excluding carboxylic acids is 2. The lowest BCUT2D eigenvalue weighted by molar-refractivity contribution is -0.148. The number of aliphatic hydroxyl groups excluding tert-OH is 1. The largest absolute Gasteiger partial charge is 0.499 e. The molecule has 0 radical (unpaired) electrons. The molecule has 0 saturated carbocycles. The highest BCUT2D eigenvalue weighted by molar-refractivity contribution is 5.89. The van der Waals surface area contributed by atoms with Gasteiger partial charge in [-0.15, -0.1) is 0 Å². The molecule has 1 rings (SSSR count). The third-order valence-corrected chi connectivity index (χ3v) is 1.77. The van der Waals surface area contributed by atoms with Crippen LogP contribution in [0.1, 0.15) is 6.42 Å². The first-order valence-electron chi connectivity index (χ1n) is 3.85. The number of rotatable bonds is 3. The topological polar surface area (TPSA) is 82.1 Å². The maximum atomic E-state index is 10.9. The summed E-state index contributed by atoms with van der Waals surface area (Å²) in [5.74, 6) is -2.08. The molecule has 1 N–H and O–H groups in total. The number of hydrogen-bond acceptors (Lipinski definition) is 6. The van der Waals surface area contributed by atoms with Crippen molar-refractivity contribution >= 4 is 11.9 Å². The lowest BCUT2D eigenvalue weighted by Gasteiger charge is -2.10. The monoisotopic (exact) mass is 202 g/mol. The summed E-state index contributed by atoms with van der Waals surface area (Å²) in [7, 11) is 2.49. The molecule has 0 spiro atoms. The summed E-state index contributed by atoms with van der Waals surface area (Å²) in [6, 6.07) is 0. The normalized spacial score (nSPS) is 20.7. The van der Waals surface area contributed by atoms with Crippen molar-refractivity contribution in [1.29, 1.82) is 0 Å². The van der Waals surface area contributed by atoms with Gasteiger partial charge in [0, 0.05) is 0 Å². The van der Waals surface area contributed by atoms with Gasteiger partial charge in [0.25, 0.3) is 0 Å². The van der Waals surface area contributed by atoms with Gasteiger partial charge in [-0.3, -0.25) is 4.79 Å². The van der Waals surface area contributed by atoms with Crippen molar-refractivity contribution in [2.24, 2.45) is 0 Å². The summed E-state index contributed by atoms with van der Waals surface area (Å²) in [6.45, 7) is 0. The summed E-state index contributed by atoms with van der Waals surface area (Å²) in [6.07, 6.45) is -1.06. The van der Waals surface area contributed by atoms with Gasteiger partial charge in [0.15, 0.2) is 11.9 Å². The van der Waals surface area contributed by atoms with Crippen LogP contribution in [0.5, 0.6) is 0 Å². The van der Waals surface area contributed by atoms with Crippen LogP contribution in [0.15, 0.2) is 11.5 Å². The van der Waals surface area contributed by atoms with E-state index >= 15 is 0 Å². The molecule has 6 heteroatoms. The molecule has 0 aliphatic carbocycles. The fourth-order valence-electron chi connectivity index (χ4n) is 1.09. The molecule has 1 aliphatic heterocycles. The standard InChI is InChI=1S/C8H10O6/c1-12-5(9)3-4-7(13-2)6(10)8(11)14-4/h4,10H,3H2,1-2H3/t4-/m0/s1. The zero-order chi connectivity index (χ0) is 10.7. The molecule has 0 fully saturated rings. The molecule has 0 unspecified atom stereocenters. The Kier molecular flexibility index (Phi) is 2.95. The van der Waals surface area contributed by atoms with E-state index in [9.17, 15) is 9.59 Å². The Bertz CT molecular complexity index is 292. The Hall–Kier alpha value is -1.72. The molecule has 0 aromatic heterocycles. The van der Waals surface area contributed by atoms with E-state index in [0.717, 1.165) is 0 Å². The van der Waals surface area contributed by atoms with Gasteiger partial charge in [0.2, 0.25) is 5.76 Å². The van der Waals surface area contributed by atoms with E-state index in [1.54, 1.807) is 0 Å². The van der Waals surface area contributed by atoms with Crippen molar-refractivity contribution in [3.63, 3.8) is 0 Å². The highest BCUT2D eigenvalue weighted by Crippen LogP contribution is 2.23. The van der Waals surface area contributed by atoms with E-state index in [4.69, 9.17) is 9.84 Å². The molecule has 1 heterocycles. The van der Waals surface area contributed by atoms with Gasteiger partial charge < -0.3 is 19.3 Å². The van der Waals surface area contributed by atoms with Crippen molar-refractivity contribution in [3.8, 4) is 0 Å². The van der Waals surface area contributed by atoms with Crippen LogP contribution in [0.2, 0.25) is 0 Å². The average Bonchev–Trinajstić information content (AvgIpc) is 2.42. The smallest absolute Gasteiger partial charge is 0.377 e. The quantitative estimate of drug-likeness (QED) is 0.643. The van der Waals surface area contributed by atoms with Gasteiger partial charge >= 0.3 is 11.9 Å². The molecule has 14 heavy (non-hydrogen) atoms. The predicted octanol–water partition coefficient (Wildman–Crippen LogP) is -0.109. The molecule has 0 amide bonds. The van der Waals surface area contributed by atoms with E-state index < -0.39 is 23.8 Å². The maximum Gasteiger partial charge on any atom is 0.377 e. The number of esters is 2. The zero-order valence-electron chi connectivity index (χ0n) is 7.77. The number of methoxy groups -OCH3 is 2. The predicted molar refractivity (Wildman–Crippen MR) is 43.2 cm³/mol. The second kappa shape index (κ2) is 3.99. The molecular weight excluding hydrogens is 192 g/mol. The van der Waals surface area contributed by atoms with E-state index in [-0.39, 0.29) is 12.2 Å². The number of carbonyl (C=O) groups is 2. The summed E-state index contributed by atoms with van der Waals surface area (Å²) in [4.78, 5) is 21.7. The highest BCUT2D eigenvalue weighted by atomic mass is 16.6. The molecular formula is C8H10O6. The van der Waals surface area contributed by atoms with Crippen LogP contribution in [0.3, 0.4) is 0 Å². The van der Waals surface area contributed by atoms with E-state index in [1.807, 2.05) is 0 Å². The third-order valence-electron chi connectivity index (χ3n) is 1.77. The minimum atomic E-state index is -0.893. The van der Waals surface area contributed by atoms with Crippen molar-refractivity contribution in [3.05, 3.63) is 11.5 Å². The van der Waals surface area contributed by atoms with Gasteiger partial charge in [-0.25, -0.2) is 4.79 Å². The SMILES string of the molecule is COC(=O)C[C@@H]1OC(=O)C(O)=C1OC. The van der Waals surface area contributed by atoms with Gasteiger partial charge in [-0.2, -0.15) is 0 Å². The Morgan fingerprint density at radius 3 is 2.71 bits per heavy atom. The van der Waals surface area contributed by atoms with Crippen molar-refractivity contribution in [1.82, 2.24) is 0 Å². The summed E-state index contributed by atoms with van der Waals surface area (Å²) in [5, 5.41) is 9.14. The number of aliphatic hydroxyl groups is 1. The highest BCUT2D eigenvalue weighted by Gasteiger charge is 2.37. The molecule has 0 aromatic carbocycles. The van der Waals surface area contributed by atoms with Crippen LogP contribution in [0.4, 0.5) is 0 Å². The first kappa shape index (κ1) is 10.4. The minimum Gasteiger partial charge on any atom is -0.499 e. The summed E-state index contributed by atoms with van der Waals surface area (Å²) < 4.78 is 13.8. The second-order valence-electron chi connectivity index (χ2n) is 2.59. The Morgan fingerprint density at radius 1 is 1.57 bits per heavy atom. The average molecular weight is 202 g/mol. The van der Waals surface area contributed by atoms with Gasteiger partial charge in [-0.05, 0) is 0 Å². The Balaban J connectivity index is 2.74. The molecule has 78 valence electrons. The first-order chi connectivity index (χ1) is 6.60. The van der Waals surface area contributed by atoms with Gasteiger partial charge in [-0.1, -0.05) is 0 Å². The molecule has 1 atom stereocenters. The lowest BCUT2D eigenvalue weighted by Crippen LogP contribution is -2.18. The van der Waals surface area contributed by atoms with E-state index in [1.165, 1.54) is 14.2 Å². The summed E-state index contributed by atoms with van der Waals surface area (Å²) in [5.41, 5.74) is 0. The van der Waals surface area contributed by atoms with Gasteiger partial charge in [0.05, 0.1) is 20.6 Å². The van der Waals surface area contributed by atoms with Crippen molar-refractivity contribution in [2.75, 3.05) is 14.2 Å². The third kappa shape index (κ3) is 1.78. The van der Waals surface area contributed by atoms with Crippen LogP contribution < -0.4 is 0 Å². The fourth-order valence-corrected chi connectivity index (χ4v) is 1.09. The number of hydrogen-bond donors (Lipinski definition) is 1. The first-order valence-corrected chi connectivity index (χ1v) is 3.85. The lowest BCUT2D eigenvalue weighted by atomic mass is 10.2. The molecule has 0 aromatic rings. The van der Waals surface area contributed by atoms with Gasteiger partial charge in [0.1, 0.15) is 0 Å². The maximum absolute atomic E-state index is 10.9. The van der Waals surface area contributed by atoms with Crippen LogP contribution >= 0.6 is 0 Å². The molecule has 0 saturated heterocycles. The molecule has 6 nitrogen and oxygen atoms in total. The van der Waals surface area contributed by atoms with E-state index in [2.05, 4.69) is 9.47 Å². The Morgan fingerprint density at radius 2 is 2.21 bits per heavy atom. The van der Waals surface area contributed by atoms with Crippen LogP contribution in [-0.2, 0) is 23.8 Å². The van der Waals surface area contributed by atoms with Crippen molar-refractivity contribution < 1.29 is 28.9 Å². The molecule has 0 bridgehead atoms. The Labute approximate surface area is 80.1 Å². The van der Waals surface area contributed by atoms with Crippen LogP contribution in [-0.4, -0.2) is 37.4 Å². The van der Waals surface area contributed by atoms with Crippen LogP contribution in [0.25, 0.3) is 0 Å². The zero-order valence-corrected chi connectivity index (χ0v) is 7.77. The van der Waals surface area contributed by atoms with E-state index in [0.29, 0.717) is 0 Å². The summed E-state index contributed by atoms with van der Waals surface area (Å²) >= 11 is 0. The minimum absolute atomic E-state index is 0.0413. The number of cyclic esters (lactones) is 1. The fraction of sp³-hybridized carbons (Fsp3) is 0.500. The van der Waals surface area contributed by atoms with Crippen molar-refractivity contribution in [2.45, 2.75) is 12.5 Å². The number of ether oxygens (including phenoxy) is 3. The second-order valence-corrected chi connectivity index (χ2v) is 2.59.